The molecule has 0 amide bonds. The summed E-state index contributed by atoms with van der Waals surface area (Å²) in [7, 11) is 0.445. The lowest BCUT2D eigenvalue weighted by Crippen LogP contribution is -2.49. The lowest BCUT2D eigenvalue weighted by Gasteiger charge is -2.37. The SMILES string of the molecule is CC1(C)c2cc(BOC(C)(C)C(C)(C)O)ccc2-c2ccc(C#N)cc21. The first-order chi connectivity index (χ1) is 12.0. The molecule has 0 aromatic heterocycles. The molecule has 134 valence electrons. The van der Waals surface area contributed by atoms with E-state index in [1.54, 1.807) is 13.8 Å². The normalized spacial score (nSPS) is 15.2. The van der Waals surface area contributed by atoms with E-state index in [0.717, 1.165) is 5.46 Å². The third-order valence-electron chi connectivity index (χ3n) is 5.94. The lowest BCUT2D eigenvalue weighted by molar-refractivity contribution is -0.0893. The van der Waals surface area contributed by atoms with Crippen molar-refractivity contribution in [2.45, 2.75) is 58.2 Å². The summed E-state index contributed by atoms with van der Waals surface area (Å²) in [4.78, 5) is 0. The molecule has 0 aliphatic heterocycles. The van der Waals surface area contributed by atoms with Crippen LogP contribution in [0.3, 0.4) is 0 Å². The predicted molar refractivity (Wildman–Crippen MR) is 107 cm³/mol. The van der Waals surface area contributed by atoms with Crippen molar-refractivity contribution in [1.29, 1.82) is 5.26 Å². The molecule has 26 heavy (non-hydrogen) atoms. The Hall–Kier alpha value is -2.09. The van der Waals surface area contributed by atoms with Gasteiger partial charge in [-0.3, -0.25) is 0 Å². The van der Waals surface area contributed by atoms with Gasteiger partial charge in [-0.15, -0.1) is 0 Å². The third-order valence-corrected chi connectivity index (χ3v) is 5.94. The fourth-order valence-electron chi connectivity index (χ4n) is 3.38. The van der Waals surface area contributed by atoms with E-state index in [9.17, 15) is 10.4 Å². The molecule has 0 fully saturated rings. The van der Waals surface area contributed by atoms with E-state index in [0.29, 0.717) is 13.0 Å². The number of hydrogen-bond donors (Lipinski definition) is 1. The minimum absolute atomic E-state index is 0.153. The van der Waals surface area contributed by atoms with Crippen LogP contribution in [0.2, 0.25) is 0 Å². The molecular weight excluding hydrogens is 321 g/mol. The van der Waals surface area contributed by atoms with E-state index in [1.807, 2.05) is 26.0 Å². The first-order valence-corrected chi connectivity index (χ1v) is 9.02. The molecule has 0 spiro atoms. The van der Waals surface area contributed by atoms with Crippen LogP contribution in [-0.4, -0.2) is 23.8 Å². The van der Waals surface area contributed by atoms with Gasteiger partial charge >= 0.3 is 7.48 Å². The van der Waals surface area contributed by atoms with Crippen LogP contribution in [0.1, 0.15) is 58.2 Å². The van der Waals surface area contributed by atoms with Crippen LogP contribution in [0, 0.1) is 11.3 Å². The molecule has 2 aromatic carbocycles. The average Bonchev–Trinajstić information content (AvgIpc) is 2.79. The number of aliphatic hydroxyl groups is 1. The van der Waals surface area contributed by atoms with Crippen molar-refractivity contribution < 1.29 is 9.76 Å². The molecular formula is C22H26BNO2. The highest BCUT2D eigenvalue weighted by Gasteiger charge is 2.37. The first-order valence-electron chi connectivity index (χ1n) is 9.02. The monoisotopic (exact) mass is 347 g/mol. The maximum Gasteiger partial charge on any atom is 0.309 e. The number of nitrogens with zero attached hydrogens (tertiary/aromatic N) is 1. The van der Waals surface area contributed by atoms with E-state index in [2.05, 4.69) is 44.2 Å². The molecule has 3 rings (SSSR count). The predicted octanol–water partition coefficient (Wildman–Crippen LogP) is 3.41. The van der Waals surface area contributed by atoms with Crippen LogP contribution in [-0.2, 0) is 10.1 Å². The maximum absolute atomic E-state index is 10.3. The minimum Gasteiger partial charge on any atom is -0.427 e. The zero-order chi connectivity index (χ0) is 19.3. The molecule has 3 nitrogen and oxygen atoms in total. The molecule has 4 heteroatoms. The Bertz CT molecular complexity index is 901. The van der Waals surface area contributed by atoms with Gasteiger partial charge in [-0.2, -0.15) is 5.26 Å². The standard InChI is InChI=1S/C22H26BNO2/c1-20(2)18-11-14(13-24)7-9-16(18)17-10-8-15(12-19(17)20)23-26-22(5,6)21(3,4)25/h7-12,23,25H,1-6H3. The Balaban J connectivity index is 1.94. The molecule has 1 aliphatic carbocycles. The largest absolute Gasteiger partial charge is 0.427 e. The number of rotatable bonds is 4. The smallest absolute Gasteiger partial charge is 0.309 e. The number of hydrogen-bond acceptors (Lipinski definition) is 3. The topological polar surface area (TPSA) is 53.2 Å². The van der Waals surface area contributed by atoms with Gasteiger partial charge < -0.3 is 9.76 Å². The summed E-state index contributed by atoms with van der Waals surface area (Å²) in [5.41, 5.74) is 4.93. The van der Waals surface area contributed by atoms with Crippen molar-refractivity contribution in [1.82, 2.24) is 0 Å². The second kappa shape index (κ2) is 5.98. The van der Waals surface area contributed by atoms with Gasteiger partial charge in [0.1, 0.15) is 0 Å². The maximum atomic E-state index is 10.3. The van der Waals surface area contributed by atoms with Crippen LogP contribution >= 0.6 is 0 Å². The molecule has 0 bridgehead atoms. The second-order valence-electron chi connectivity index (χ2n) is 8.74. The Kier molecular flexibility index (Phi) is 4.30. The van der Waals surface area contributed by atoms with Crippen LogP contribution in [0.4, 0.5) is 0 Å². The van der Waals surface area contributed by atoms with Gasteiger partial charge in [0.15, 0.2) is 0 Å². The van der Waals surface area contributed by atoms with Gasteiger partial charge in [-0.25, -0.2) is 0 Å². The summed E-state index contributed by atoms with van der Waals surface area (Å²) in [6, 6.07) is 14.6. The molecule has 0 heterocycles. The number of nitriles is 1. The van der Waals surface area contributed by atoms with Crippen LogP contribution in [0.25, 0.3) is 11.1 Å². The van der Waals surface area contributed by atoms with Crippen LogP contribution < -0.4 is 5.46 Å². The summed E-state index contributed by atoms with van der Waals surface area (Å²) in [5, 5.41) is 19.5. The molecule has 0 saturated carbocycles. The molecule has 1 N–H and O–H groups in total. The second-order valence-corrected chi connectivity index (χ2v) is 8.74. The van der Waals surface area contributed by atoms with E-state index in [-0.39, 0.29) is 5.41 Å². The Morgan fingerprint density at radius 1 is 1.00 bits per heavy atom. The third kappa shape index (κ3) is 2.96. The minimum atomic E-state index is -0.924. The van der Waals surface area contributed by atoms with Gasteiger partial charge in [-0.05, 0) is 62.1 Å². The number of benzene rings is 2. The van der Waals surface area contributed by atoms with Gasteiger partial charge in [0.2, 0.25) is 0 Å². The van der Waals surface area contributed by atoms with E-state index in [1.165, 1.54) is 22.3 Å². The molecule has 2 aromatic rings. The molecule has 0 unspecified atom stereocenters. The summed E-state index contributed by atoms with van der Waals surface area (Å²) in [6.07, 6.45) is 0. The first kappa shape index (κ1) is 18.7. The molecule has 0 radical (unpaired) electrons. The van der Waals surface area contributed by atoms with Gasteiger partial charge in [0.05, 0.1) is 22.8 Å². The summed E-state index contributed by atoms with van der Waals surface area (Å²) >= 11 is 0. The van der Waals surface area contributed by atoms with E-state index in [4.69, 9.17) is 4.65 Å². The van der Waals surface area contributed by atoms with E-state index < -0.39 is 11.2 Å². The fourth-order valence-corrected chi connectivity index (χ4v) is 3.38. The van der Waals surface area contributed by atoms with Crippen molar-refractivity contribution in [2.75, 3.05) is 0 Å². The van der Waals surface area contributed by atoms with Crippen molar-refractivity contribution in [3.63, 3.8) is 0 Å². The van der Waals surface area contributed by atoms with Crippen LogP contribution in [0.15, 0.2) is 36.4 Å². The van der Waals surface area contributed by atoms with Crippen molar-refractivity contribution in [2.24, 2.45) is 0 Å². The van der Waals surface area contributed by atoms with Crippen molar-refractivity contribution in [3.05, 3.63) is 53.1 Å². The van der Waals surface area contributed by atoms with Crippen molar-refractivity contribution >= 4 is 12.9 Å². The highest BCUT2D eigenvalue weighted by molar-refractivity contribution is 6.47. The quantitative estimate of drug-likeness (QED) is 0.863. The van der Waals surface area contributed by atoms with Crippen molar-refractivity contribution in [3.8, 4) is 17.2 Å². The zero-order valence-corrected chi connectivity index (χ0v) is 16.5. The molecule has 0 atom stereocenters. The molecule has 1 aliphatic rings. The summed E-state index contributed by atoms with van der Waals surface area (Å²) in [5.74, 6) is 0. The van der Waals surface area contributed by atoms with Crippen LogP contribution in [0.5, 0.6) is 0 Å². The Morgan fingerprint density at radius 3 is 2.15 bits per heavy atom. The highest BCUT2D eigenvalue weighted by Crippen LogP contribution is 2.48. The van der Waals surface area contributed by atoms with Gasteiger partial charge in [-0.1, -0.05) is 43.6 Å². The molecule has 0 saturated heterocycles. The Morgan fingerprint density at radius 2 is 1.58 bits per heavy atom. The lowest BCUT2D eigenvalue weighted by atomic mass is 9.77. The van der Waals surface area contributed by atoms with E-state index >= 15 is 0 Å². The average molecular weight is 347 g/mol. The van der Waals surface area contributed by atoms with Gasteiger partial charge in [0.25, 0.3) is 0 Å². The highest BCUT2D eigenvalue weighted by atomic mass is 16.5. The fraction of sp³-hybridized carbons (Fsp3) is 0.409. The summed E-state index contributed by atoms with van der Waals surface area (Å²) in [6.45, 7) is 11.7. The zero-order valence-electron chi connectivity index (χ0n) is 16.5. The Labute approximate surface area is 156 Å². The van der Waals surface area contributed by atoms with Gasteiger partial charge in [0, 0.05) is 5.41 Å². The summed E-state index contributed by atoms with van der Waals surface area (Å²) < 4.78 is 6.03. The number of fused-ring (bicyclic) bond motifs is 3.